The Morgan fingerprint density at radius 2 is 1.97 bits per heavy atom. The zero-order valence-corrected chi connectivity index (χ0v) is 20.6. The number of aryl methyl sites for hydroxylation is 1. The quantitative estimate of drug-likeness (QED) is 0.426. The summed E-state index contributed by atoms with van der Waals surface area (Å²) in [6.45, 7) is 3.99. The molecule has 0 spiro atoms. The normalized spacial score (nSPS) is 16.4. The van der Waals surface area contributed by atoms with Gasteiger partial charge in [-0.05, 0) is 61.7 Å². The molecule has 1 saturated heterocycles. The number of likely N-dealkylation sites (N-methyl/N-ethyl adjacent to an activating group) is 1. The second-order valence-corrected chi connectivity index (χ2v) is 9.14. The van der Waals surface area contributed by atoms with Crippen molar-refractivity contribution >= 4 is 35.1 Å². The monoisotopic (exact) mass is 515 g/mol. The second-order valence-electron chi connectivity index (χ2n) is 8.76. The van der Waals surface area contributed by atoms with Crippen molar-refractivity contribution in [1.82, 2.24) is 14.9 Å². The number of halogens is 3. The van der Waals surface area contributed by atoms with E-state index in [-0.39, 0.29) is 29.0 Å². The van der Waals surface area contributed by atoms with Gasteiger partial charge in [0.2, 0.25) is 0 Å². The number of aromatic carboxylic acids is 1. The zero-order valence-electron chi connectivity index (χ0n) is 19.8. The standard InChI is InChI=1S/C25H24ClF2N5O3/c1-13-8-20(14(2)29-19-6-7-21(26)31-23(19)24(34)35)30-22(9-13)33-17(12-32(3)25(33)36)10-15-4-5-16(27)11-18(15)28/h4-9,11,14,17,29H,10,12H2,1-3H3,(H,34,35)/t14-,17+/m1/s1. The van der Waals surface area contributed by atoms with Crippen LogP contribution < -0.4 is 10.2 Å². The number of hydrogen-bond donors (Lipinski definition) is 2. The van der Waals surface area contributed by atoms with Gasteiger partial charge >= 0.3 is 12.0 Å². The summed E-state index contributed by atoms with van der Waals surface area (Å²) in [5.41, 5.74) is 1.73. The van der Waals surface area contributed by atoms with Crippen LogP contribution in [0.2, 0.25) is 5.15 Å². The van der Waals surface area contributed by atoms with Crippen LogP contribution in [-0.2, 0) is 6.42 Å². The Labute approximate surface area is 211 Å². The molecule has 0 aliphatic carbocycles. The van der Waals surface area contributed by atoms with Gasteiger partial charge in [-0.2, -0.15) is 0 Å². The van der Waals surface area contributed by atoms with Crippen molar-refractivity contribution in [2.45, 2.75) is 32.4 Å². The average molecular weight is 516 g/mol. The van der Waals surface area contributed by atoms with Gasteiger partial charge in [-0.25, -0.2) is 28.3 Å². The molecule has 11 heteroatoms. The molecule has 8 nitrogen and oxygen atoms in total. The number of aromatic nitrogens is 2. The first-order chi connectivity index (χ1) is 17.0. The van der Waals surface area contributed by atoms with Gasteiger partial charge in [0, 0.05) is 19.7 Å². The van der Waals surface area contributed by atoms with Gasteiger partial charge in [0.1, 0.15) is 22.6 Å². The topological polar surface area (TPSA) is 98.7 Å². The van der Waals surface area contributed by atoms with Crippen molar-refractivity contribution in [2.24, 2.45) is 0 Å². The van der Waals surface area contributed by atoms with Crippen LogP contribution in [0.1, 0.15) is 40.3 Å². The zero-order chi connectivity index (χ0) is 26.1. The Morgan fingerprint density at radius 1 is 1.22 bits per heavy atom. The van der Waals surface area contributed by atoms with E-state index in [1.165, 1.54) is 34.1 Å². The molecule has 1 fully saturated rings. The molecule has 3 aromatic rings. The number of pyridine rings is 2. The third-order valence-corrected chi connectivity index (χ3v) is 6.17. The highest BCUT2D eigenvalue weighted by atomic mass is 35.5. The molecule has 3 heterocycles. The van der Waals surface area contributed by atoms with Crippen molar-refractivity contribution in [3.8, 4) is 0 Å². The van der Waals surface area contributed by atoms with Gasteiger partial charge < -0.3 is 15.3 Å². The third-order valence-electron chi connectivity index (χ3n) is 5.96. The van der Waals surface area contributed by atoms with Crippen LogP contribution in [0.15, 0.2) is 42.5 Å². The first kappa shape index (κ1) is 25.3. The number of carboxylic acid groups (broad SMARTS) is 1. The summed E-state index contributed by atoms with van der Waals surface area (Å²) in [5.74, 6) is -2.18. The summed E-state index contributed by atoms with van der Waals surface area (Å²) in [6, 6.07) is 8.82. The highest BCUT2D eigenvalue weighted by molar-refractivity contribution is 6.29. The molecule has 2 aromatic heterocycles. The van der Waals surface area contributed by atoms with Gasteiger partial charge in [0.05, 0.1) is 23.5 Å². The summed E-state index contributed by atoms with van der Waals surface area (Å²) in [6.07, 6.45) is 0.180. The maximum absolute atomic E-state index is 14.3. The number of carbonyl (C=O) groups is 2. The lowest BCUT2D eigenvalue weighted by Crippen LogP contribution is -2.37. The van der Waals surface area contributed by atoms with Gasteiger partial charge in [-0.1, -0.05) is 17.7 Å². The Morgan fingerprint density at radius 3 is 2.67 bits per heavy atom. The van der Waals surface area contributed by atoms with E-state index in [1.54, 1.807) is 20.0 Å². The van der Waals surface area contributed by atoms with Gasteiger partial charge in [-0.15, -0.1) is 0 Å². The highest BCUT2D eigenvalue weighted by Crippen LogP contribution is 2.29. The molecule has 2 atom stereocenters. The SMILES string of the molecule is Cc1cc([C@@H](C)Nc2ccc(Cl)nc2C(=O)O)nc(N2C(=O)N(C)C[C@@H]2Cc2ccc(F)cc2F)c1. The number of rotatable bonds is 7. The molecule has 36 heavy (non-hydrogen) atoms. The lowest BCUT2D eigenvalue weighted by atomic mass is 10.0. The molecule has 2 amide bonds. The van der Waals surface area contributed by atoms with Crippen molar-refractivity contribution in [1.29, 1.82) is 0 Å². The lowest BCUT2D eigenvalue weighted by molar-refractivity contribution is 0.0691. The number of nitrogens with zero attached hydrogens (tertiary/aromatic N) is 4. The molecule has 0 saturated carbocycles. The minimum absolute atomic E-state index is 0.0573. The molecule has 2 N–H and O–H groups in total. The number of amides is 2. The minimum Gasteiger partial charge on any atom is -0.476 e. The summed E-state index contributed by atoms with van der Waals surface area (Å²) < 4.78 is 27.7. The van der Waals surface area contributed by atoms with E-state index in [0.29, 0.717) is 23.6 Å². The number of hydrogen-bond acceptors (Lipinski definition) is 5. The lowest BCUT2D eigenvalue weighted by Gasteiger charge is -2.25. The summed E-state index contributed by atoms with van der Waals surface area (Å²) in [7, 11) is 1.65. The summed E-state index contributed by atoms with van der Waals surface area (Å²) in [4.78, 5) is 36.2. The fourth-order valence-corrected chi connectivity index (χ4v) is 4.39. The van der Waals surface area contributed by atoms with E-state index in [2.05, 4.69) is 15.3 Å². The van der Waals surface area contributed by atoms with Gasteiger partial charge in [-0.3, -0.25) is 4.90 Å². The molecule has 1 aliphatic heterocycles. The largest absolute Gasteiger partial charge is 0.476 e. The molecular weight excluding hydrogens is 492 g/mol. The highest BCUT2D eigenvalue weighted by Gasteiger charge is 2.37. The Hall–Kier alpha value is -3.79. The van der Waals surface area contributed by atoms with Crippen LogP contribution in [0.25, 0.3) is 0 Å². The summed E-state index contributed by atoms with van der Waals surface area (Å²) in [5, 5.41) is 12.6. The van der Waals surface area contributed by atoms with E-state index in [9.17, 15) is 23.5 Å². The number of urea groups is 1. The predicted octanol–water partition coefficient (Wildman–Crippen LogP) is 5.07. The molecule has 0 radical (unpaired) electrons. The molecule has 188 valence electrons. The molecule has 0 bridgehead atoms. The van der Waals surface area contributed by atoms with Crippen molar-refractivity contribution in [3.05, 3.63) is 81.8 Å². The van der Waals surface area contributed by atoms with Crippen LogP contribution in [0, 0.1) is 18.6 Å². The first-order valence-electron chi connectivity index (χ1n) is 11.2. The maximum Gasteiger partial charge on any atom is 0.356 e. The Bertz CT molecular complexity index is 1340. The predicted molar refractivity (Wildman–Crippen MR) is 132 cm³/mol. The minimum atomic E-state index is -1.23. The summed E-state index contributed by atoms with van der Waals surface area (Å²) >= 11 is 5.85. The fourth-order valence-electron chi connectivity index (χ4n) is 4.24. The van der Waals surface area contributed by atoms with Crippen molar-refractivity contribution < 1.29 is 23.5 Å². The van der Waals surface area contributed by atoms with Crippen LogP contribution in [0.4, 0.5) is 25.1 Å². The Kier molecular flexibility index (Phi) is 7.07. The van der Waals surface area contributed by atoms with E-state index < -0.39 is 29.7 Å². The molecule has 1 aliphatic rings. The smallest absolute Gasteiger partial charge is 0.356 e. The second kappa shape index (κ2) is 10.1. The van der Waals surface area contributed by atoms with Crippen LogP contribution >= 0.6 is 11.6 Å². The van der Waals surface area contributed by atoms with Crippen LogP contribution in [0.3, 0.4) is 0 Å². The number of carboxylic acids is 1. The van der Waals surface area contributed by atoms with Gasteiger partial charge in [0.25, 0.3) is 0 Å². The van der Waals surface area contributed by atoms with Crippen molar-refractivity contribution in [2.75, 3.05) is 23.8 Å². The van der Waals surface area contributed by atoms with Crippen LogP contribution in [-0.4, -0.2) is 51.6 Å². The fraction of sp³-hybridized carbons (Fsp3) is 0.280. The van der Waals surface area contributed by atoms with Crippen LogP contribution in [0.5, 0.6) is 0 Å². The average Bonchev–Trinajstić information content (AvgIpc) is 3.09. The number of benzene rings is 1. The van der Waals surface area contributed by atoms with E-state index in [4.69, 9.17) is 11.6 Å². The number of carbonyl (C=O) groups excluding carboxylic acids is 1. The molecule has 4 rings (SSSR count). The molecular formula is C25H24ClF2N5O3. The van der Waals surface area contributed by atoms with Crippen molar-refractivity contribution in [3.63, 3.8) is 0 Å². The maximum atomic E-state index is 14.3. The molecule has 1 aromatic carbocycles. The van der Waals surface area contributed by atoms with E-state index in [1.807, 2.05) is 13.0 Å². The molecule has 0 unspecified atom stereocenters. The van der Waals surface area contributed by atoms with Gasteiger partial charge in [0.15, 0.2) is 5.69 Å². The number of anilines is 2. The number of nitrogens with one attached hydrogen (secondary N) is 1. The van der Waals surface area contributed by atoms with E-state index >= 15 is 0 Å². The third kappa shape index (κ3) is 5.23. The first-order valence-corrected chi connectivity index (χ1v) is 11.5. The van der Waals surface area contributed by atoms with E-state index in [0.717, 1.165) is 11.6 Å². The Balaban J connectivity index is 1.64.